The molecular formula is C3H13N4+. The molecule has 0 amide bonds. The summed E-state index contributed by atoms with van der Waals surface area (Å²) in [6, 6.07) is 0.0694. The van der Waals surface area contributed by atoms with Crippen molar-refractivity contribution < 1.29 is 4.81 Å². The highest BCUT2D eigenvalue weighted by atomic mass is 15.9. The van der Waals surface area contributed by atoms with Crippen LogP contribution in [0.5, 0.6) is 0 Å². The van der Waals surface area contributed by atoms with E-state index < -0.39 is 4.81 Å². The number of rotatable bonds is 1. The van der Waals surface area contributed by atoms with Gasteiger partial charge in [0.1, 0.15) is 6.04 Å². The van der Waals surface area contributed by atoms with Gasteiger partial charge in [0.05, 0.1) is 0 Å². The third-order valence-electron chi connectivity index (χ3n) is 0.894. The zero-order chi connectivity index (χ0) is 6.08. The first-order valence-electron chi connectivity index (χ1n) is 2.19. The molecule has 4 nitrogen and oxygen atoms in total. The molecule has 0 radical (unpaired) electrons. The minimum atomic E-state index is -0.444. The van der Waals surface area contributed by atoms with Gasteiger partial charge in [-0.1, -0.05) is 0 Å². The van der Waals surface area contributed by atoms with Crippen LogP contribution < -0.4 is 17.5 Å². The van der Waals surface area contributed by atoms with Crippen LogP contribution in [0.15, 0.2) is 0 Å². The van der Waals surface area contributed by atoms with Crippen LogP contribution >= 0.6 is 0 Å². The van der Waals surface area contributed by atoms with Gasteiger partial charge in [-0.25, -0.2) is 0 Å². The topological polar surface area (TPSA) is 78.1 Å². The van der Waals surface area contributed by atoms with Gasteiger partial charge in [-0.3, -0.25) is 0 Å². The first kappa shape index (κ1) is 6.84. The maximum Gasteiger partial charge on any atom is 0.138 e. The van der Waals surface area contributed by atoms with E-state index in [2.05, 4.69) is 0 Å². The van der Waals surface area contributed by atoms with Gasteiger partial charge >= 0.3 is 0 Å². The number of hydrogen-bond acceptors (Lipinski definition) is 3. The van der Waals surface area contributed by atoms with Crippen molar-refractivity contribution in [3.63, 3.8) is 0 Å². The van der Waals surface area contributed by atoms with Gasteiger partial charge in [-0.2, -0.15) is 0 Å². The van der Waals surface area contributed by atoms with E-state index in [0.29, 0.717) is 0 Å². The van der Waals surface area contributed by atoms with Crippen molar-refractivity contribution in [2.24, 2.45) is 17.5 Å². The zero-order valence-corrected chi connectivity index (χ0v) is 4.76. The standard InChI is InChI=1S/C3H13N4/c1-3(2)7(4,5)6/h3H,4-6H2,1-2H3/q+1. The van der Waals surface area contributed by atoms with Gasteiger partial charge in [-0.05, 0) is 13.8 Å². The number of quaternary nitrogens is 1. The van der Waals surface area contributed by atoms with Crippen molar-refractivity contribution in [2.45, 2.75) is 19.9 Å². The van der Waals surface area contributed by atoms with E-state index in [4.69, 9.17) is 17.5 Å². The first-order valence-corrected chi connectivity index (χ1v) is 2.19. The summed E-state index contributed by atoms with van der Waals surface area (Å²) < 4.78 is 0. The zero-order valence-electron chi connectivity index (χ0n) is 4.76. The van der Waals surface area contributed by atoms with Crippen LogP contribution in [0.4, 0.5) is 0 Å². The normalized spacial score (nSPS) is 12.9. The molecule has 0 aromatic carbocycles. The maximum atomic E-state index is 5.17. The minimum absolute atomic E-state index is 0.0694. The largest absolute Gasteiger partial charge is 0.141 e. The molecule has 6 N–H and O–H groups in total. The van der Waals surface area contributed by atoms with E-state index in [-0.39, 0.29) is 6.04 Å². The highest BCUT2D eigenvalue weighted by Gasteiger charge is 2.14. The highest BCUT2D eigenvalue weighted by molar-refractivity contribution is 4.27. The van der Waals surface area contributed by atoms with Crippen LogP contribution in [0.1, 0.15) is 13.8 Å². The van der Waals surface area contributed by atoms with E-state index in [0.717, 1.165) is 0 Å². The molecule has 0 aromatic heterocycles. The third kappa shape index (κ3) is 2.52. The summed E-state index contributed by atoms with van der Waals surface area (Å²) in [4.78, 5) is -0.444. The van der Waals surface area contributed by atoms with E-state index in [1.165, 1.54) is 0 Å². The molecule has 0 unspecified atom stereocenters. The average Bonchev–Trinajstić information content (AvgIpc) is 1.31. The van der Waals surface area contributed by atoms with Crippen LogP contribution in [-0.4, -0.2) is 10.9 Å². The van der Waals surface area contributed by atoms with Crippen LogP contribution in [0.2, 0.25) is 0 Å². The predicted octanol–water partition coefficient (Wildman–Crippen LogP) is -1.17. The Morgan fingerprint density at radius 3 is 1.29 bits per heavy atom. The fourth-order valence-electron chi connectivity index (χ4n) is 0. The number of nitrogens with zero attached hydrogens (tertiary/aromatic N) is 1. The molecule has 0 aliphatic carbocycles. The summed E-state index contributed by atoms with van der Waals surface area (Å²) in [6.45, 7) is 3.69. The Morgan fingerprint density at radius 2 is 1.29 bits per heavy atom. The Balaban J connectivity index is 3.54. The van der Waals surface area contributed by atoms with Gasteiger partial charge < -0.3 is 0 Å². The second-order valence-corrected chi connectivity index (χ2v) is 1.99. The molecule has 0 saturated heterocycles. The molecule has 0 rings (SSSR count). The highest BCUT2D eigenvalue weighted by Crippen LogP contribution is 1.85. The SMILES string of the molecule is CC(C)[N+](N)(N)N. The molecule has 4 heteroatoms. The third-order valence-corrected chi connectivity index (χ3v) is 0.894. The molecular weight excluding hydrogens is 92.1 g/mol. The van der Waals surface area contributed by atoms with Crippen LogP contribution in [0.3, 0.4) is 0 Å². The molecule has 0 fully saturated rings. The molecule has 0 aliphatic heterocycles. The Hall–Kier alpha value is -0.160. The Kier molecular flexibility index (Phi) is 1.71. The second kappa shape index (κ2) is 1.75. The van der Waals surface area contributed by atoms with Gasteiger partial charge in [0.15, 0.2) is 0 Å². The van der Waals surface area contributed by atoms with Crippen molar-refractivity contribution in [1.29, 1.82) is 0 Å². The maximum absolute atomic E-state index is 5.17. The minimum Gasteiger partial charge on any atom is -0.141 e. The fourth-order valence-corrected chi connectivity index (χ4v) is 0. The number of nitrogens with two attached hydrogens (primary N) is 3. The quantitative estimate of drug-likeness (QED) is 0.223. The van der Waals surface area contributed by atoms with Crippen molar-refractivity contribution in [3.05, 3.63) is 0 Å². The second-order valence-electron chi connectivity index (χ2n) is 1.99. The molecule has 0 heterocycles. The van der Waals surface area contributed by atoms with Gasteiger partial charge in [0.25, 0.3) is 0 Å². The molecule has 0 aromatic rings. The molecule has 0 aliphatic rings. The summed E-state index contributed by atoms with van der Waals surface area (Å²) >= 11 is 0. The molecule has 0 saturated carbocycles. The summed E-state index contributed by atoms with van der Waals surface area (Å²) in [7, 11) is 0. The van der Waals surface area contributed by atoms with Crippen molar-refractivity contribution >= 4 is 0 Å². The van der Waals surface area contributed by atoms with Crippen molar-refractivity contribution in [1.82, 2.24) is 0 Å². The summed E-state index contributed by atoms with van der Waals surface area (Å²) in [5.41, 5.74) is 0. The molecule has 44 valence electrons. The predicted molar refractivity (Wildman–Crippen MR) is 28.0 cm³/mol. The van der Waals surface area contributed by atoms with Gasteiger partial charge in [-0.15, -0.1) is 22.3 Å². The van der Waals surface area contributed by atoms with Crippen LogP contribution in [0.25, 0.3) is 0 Å². The monoisotopic (exact) mass is 105 g/mol. The molecule has 0 atom stereocenters. The molecule has 7 heavy (non-hydrogen) atoms. The van der Waals surface area contributed by atoms with Crippen molar-refractivity contribution in [3.8, 4) is 0 Å². The number of hydrogen-bond donors (Lipinski definition) is 3. The molecule has 0 bridgehead atoms. The van der Waals surface area contributed by atoms with Gasteiger partial charge in [0.2, 0.25) is 0 Å². The van der Waals surface area contributed by atoms with Crippen molar-refractivity contribution in [2.75, 3.05) is 0 Å². The van der Waals surface area contributed by atoms with Crippen LogP contribution in [0, 0.1) is 0 Å². The Labute approximate surface area is 43.4 Å². The van der Waals surface area contributed by atoms with Gasteiger partial charge in [0, 0.05) is 0 Å². The lowest BCUT2D eigenvalue weighted by Crippen LogP contribution is -2.69. The Bertz CT molecular complexity index is 52.4. The molecule has 0 spiro atoms. The lowest BCUT2D eigenvalue weighted by atomic mass is 10.4. The lowest BCUT2D eigenvalue weighted by molar-refractivity contribution is -0.982. The smallest absolute Gasteiger partial charge is 0.138 e. The summed E-state index contributed by atoms with van der Waals surface area (Å²) in [6.07, 6.45) is 0. The van der Waals surface area contributed by atoms with E-state index in [1.54, 1.807) is 0 Å². The summed E-state index contributed by atoms with van der Waals surface area (Å²) in [5, 5.41) is 0. The van der Waals surface area contributed by atoms with E-state index >= 15 is 0 Å². The fraction of sp³-hybridized carbons (Fsp3) is 1.00. The first-order chi connectivity index (χ1) is 2.94. The summed E-state index contributed by atoms with van der Waals surface area (Å²) in [5.74, 6) is 15.5. The average molecular weight is 105 g/mol. The Morgan fingerprint density at radius 1 is 1.14 bits per heavy atom. The van der Waals surface area contributed by atoms with E-state index in [1.807, 2.05) is 13.8 Å². The lowest BCUT2D eigenvalue weighted by Gasteiger charge is -2.22. The van der Waals surface area contributed by atoms with Crippen LogP contribution in [-0.2, 0) is 0 Å². The van der Waals surface area contributed by atoms with E-state index in [9.17, 15) is 0 Å².